The zero-order valence-electron chi connectivity index (χ0n) is 21.7. The average molecular weight is 508 g/mol. The largest absolute Gasteiger partial charge is 0.459 e. The van der Waals surface area contributed by atoms with E-state index in [0.717, 1.165) is 33.5 Å². The third-order valence-corrected chi connectivity index (χ3v) is 6.95. The Labute approximate surface area is 219 Å². The smallest absolute Gasteiger partial charge is 0.246 e. The van der Waals surface area contributed by atoms with E-state index >= 15 is 0 Å². The van der Waals surface area contributed by atoms with Crippen LogP contribution in [0.3, 0.4) is 0 Å². The SMILES string of the molecule is Cc1c(CN(C)C(=O)/C=C/c2cnc3c(c2)NCC(N2C[C@@H](C)O[C@@H](C)C2)C(=O)N3)oc2ccccc12.[HH].[HH]. The second-order valence-corrected chi connectivity index (χ2v) is 9.94. The first-order valence-electron chi connectivity index (χ1n) is 12.6. The van der Waals surface area contributed by atoms with Crippen molar-refractivity contribution in [2.24, 2.45) is 0 Å². The molecule has 0 aliphatic carbocycles. The molecule has 0 spiro atoms. The molecule has 1 fully saturated rings. The zero-order valence-corrected chi connectivity index (χ0v) is 21.7. The first kappa shape index (κ1) is 25.0. The van der Waals surface area contributed by atoms with Gasteiger partial charge in [-0.3, -0.25) is 14.5 Å². The van der Waals surface area contributed by atoms with Crippen LogP contribution in [0, 0.1) is 6.92 Å². The van der Waals surface area contributed by atoms with Crippen molar-refractivity contribution in [3.8, 4) is 0 Å². The number of para-hydroxylation sites is 1. The topological polar surface area (TPSA) is 99.9 Å². The van der Waals surface area contributed by atoms with E-state index in [1.807, 2.05) is 51.1 Å². The van der Waals surface area contributed by atoms with E-state index in [9.17, 15) is 9.59 Å². The molecule has 3 atom stereocenters. The Bertz CT molecular complexity index is 1350. The second kappa shape index (κ2) is 10.4. The summed E-state index contributed by atoms with van der Waals surface area (Å²) in [5.74, 6) is 1.03. The number of carbonyl (C=O) groups is 2. The van der Waals surface area contributed by atoms with Gasteiger partial charge in [0.05, 0.1) is 24.4 Å². The van der Waals surface area contributed by atoms with E-state index in [4.69, 9.17) is 9.15 Å². The average Bonchev–Trinajstić information content (AvgIpc) is 3.07. The Morgan fingerprint density at radius 1 is 1.27 bits per heavy atom. The predicted octanol–water partition coefficient (Wildman–Crippen LogP) is 4.14. The van der Waals surface area contributed by atoms with Crippen molar-refractivity contribution in [3.63, 3.8) is 0 Å². The standard InChI is InChI=1S/C28H33N5O4.2H2/c1-17-14-33(15-18(2)36-17)23-13-29-22-11-20(12-30-27(22)31-28(23)35)9-10-26(34)32(4)16-25-19(3)21-7-5-6-8-24(21)37-25;;/h5-12,17-18,23,29H,13-16H2,1-4H3,(H,30,31,35);2*1H/b10-9+;;/t17-,18+,23?;;. The summed E-state index contributed by atoms with van der Waals surface area (Å²) in [5, 5.41) is 7.37. The summed E-state index contributed by atoms with van der Waals surface area (Å²) in [6.07, 6.45) is 5.05. The number of carbonyl (C=O) groups excluding carboxylic acids is 2. The molecule has 0 saturated carbocycles. The summed E-state index contributed by atoms with van der Waals surface area (Å²) in [6.45, 7) is 8.29. The fraction of sp³-hybridized carbons (Fsp3) is 0.393. The van der Waals surface area contributed by atoms with Crippen molar-refractivity contribution in [2.45, 2.75) is 45.6 Å². The summed E-state index contributed by atoms with van der Waals surface area (Å²) >= 11 is 0. The van der Waals surface area contributed by atoms with Crippen LogP contribution in [0.1, 0.15) is 33.6 Å². The van der Waals surface area contributed by atoms with Crippen LogP contribution in [0.25, 0.3) is 17.0 Å². The van der Waals surface area contributed by atoms with Gasteiger partial charge in [0.2, 0.25) is 11.8 Å². The number of hydrogen-bond donors (Lipinski definition) is 2. The Hall–Kier alpha value is -3.69. The molecule has 2 aliphatic rings. The molecule has 3 aromatic rings. The molecular weight excluding hydrogens is 470 g/mol. The van der Waals surface area contributed by atoms with Crippen molar-refractivity contribution < 1.29 is 21.6 Å². The lowest BCUT2D eigenvalue weighted by molar-refractivity contribution is -0.127. The Balaban J connectivity index is 0.00000210. The number of pyridine rings is 1. The van der Waals surface area contributed by atoms with Gasteiger partial charge in [-0.15, -0.1) is 0 Å². The molecule has 1 saturated heterocycles. The lowest BCUT2D eigenvalue weighted by Gasteiger charge is -2.38. The van der Waals surface area contributed by atoms with Gasteiger partial charge in [0.25, 0.3) is 0 Å². The van der Waals surface area contributed by atoms with Gasteiger partial charge in [-0.2, -0.15) is 0 Å². The number of aryl methyl sites for hydroxylation is 1. The molecule has 198 valence electrons. The molecule has 5 rings (SSSR count). The number of aromatic nitrogens is 1. The third kappa shape index (κ3) is 5.38. The van der Waals surface area contributed by atoms with Crippen LogP contribution in [-0.4, -0.2) is 71.5 Å². The molecule has 1 aromatic carbocycles. The highest BCUT2D eigenvalue weighted by molar-refractivity contribution is 5.99. The van der Waals surface area contributed by atoms with Crippen molar-refractivity contribution in [2.75, 3.05) is 37.3 Å². The summed E-state index contributed by atoms with van der Waals surface area (Å²) < 4.78 is 11.8. The van der Waals surface area contributed by atoms with Crippen molar-refractivity contribution in [3.05, 3.63) is 59.5 Å². The first-order valence-corrected chi connectivity index (χ1v) is 12.6. The normalized spacial score (nSPS) is 22.4. The molecule has 0 bridgehead atoms. The molecular formula is C28H37N5O4. The molecule has 2 aromatic heterocycles. The van der Waals surface area contributed by atoms with E-state index in [0.29, 0.717) is 32.0 Å². The fourth-order valence-corrected chi connectivity index (χ4v) is 5.04. The molecule has 9 heteroatoms. The van der Waals surface area contributed by atoms with Crippen LogP contribution in [0.4, 0.5) is 11.5 Å². The predicted molar refractivity (Wildman–Crippen MR) is 147 cm³/mol. The minimum absolute atomic E-state index is 0. The Kier molecular flexibility index (Phi) is 6.99. The number of nitrogens with one attached hydrogen (secondary N) is 2. The number of fused-ring (bicyclic) bond motifs is 2. The lowest BCUT2D eigenvalue weighted by atomic mass is 10.1. The fourth-order valence-electron chi connectivity index (χ4n) is 5.04. The number of benzene rings is 1. The minimum atomic E-state index is -0.320. The van der Waals surface area contributed by atoms with Gasteiger partial charge in [0, 0.05) is 52.8 Å². The van der Waals surface area contributed by atoms with E-state index in [1.54, 1.807) is 24.2 Å². The Morgan fingerprint density at radius 2 is 2.03 bits per heavy atom. The number of nitrogens with zero attached hydrogens (tertiary/aromatic N) is 3. The van der Waals surface area contributed by atoms with E-state index in [1.165, 1.54) is 6.08 Å². The van der Waals surface area contributed by atoms with Crippen LogP contribution in [0.2, 0.25) is 0 Å². The number of amides is 2. The molecule has 4 heterocycles. The lowest BCUT2D eigenvalue weighted by Crippen LogP contribution is -2.55. The second-order valence-electron chi connectivity index (χ2n) is 9.94. The maximum Gasteiger partial charge on any atom is 0.246 e. The maximum atomic E-state index is 13.0. The number of ether oxygens (including phenoxy) is 1. The van der Waals surface area contributed by atoms with Gasteiger partial charge in [-0.25, -0.2) is 4.98 Å². The Morgan fingerprint density at radius 3 is 2.78 bits per heavy atom. The number of furan rings is 1. The van der Waals surface area contributed by atoms with Crippen molar-refractivity contribution in [1.82, 2.24) is 14.8 Å². The zero-order chi connectivity index (χ0) is 26.1. The van der Waals surface area contributed by atoms with Gasteiger partial charge < -0.3 is 24.7 Å². The highest BCUT2D eigenvalue weighted by atomic mass is 16.5. The molecule has 2 amide bonds. The number of morpholine rings is 1. The van der Waals surface area contributed by atoms with Crippen LogP contribution in [0.15, 0.2) is 47.0 Å². The highest BCUT2D eigenvalue weighted by Gasteiger charge is 2.34. The van der Waals surface area contributed by atoms with E-state index < -0.39 is 0 Å². The maximum absolute atomic E-state index is 13.0. The van der Waals surface area contributed by atoms with Crippen LogP contribution >= 0.6 is 0 Å². The summed E-state index contributed by atoms with van der Waals surface area (Å²) in [4.78, 5) is 34.0. The van der Waals surface area contributed by atoms with Gasteiger partial charge in [-0.05, 0) is 44.5 Å². The van der Waals surface area contributed by atoms with Gasteiger partial charge in [0.1, 0.15) is 17.4 Å². The monoisotopic (exact) mass is 507 g/mol. The number of anilines is 2. The number of likely N-dealkylation sites (N-methyl/N-ethyl adjacent to an activating group) is 1. The number of hydrogen-bond acceptors (Lipinski definition) is 7. The van der Waals surface area contributed by atoms with Crippen LogP contribution in [0.5, 0.6) is 0 Å². The molecule has 9 nitrogen and oxygen atoms in total. The molecule has 0 radical (unpaired) electrons. The van der Waals surface area contributed by atoms with Gasteiger partial charge >= 0.3 is 0 Å². The molecule has 37 heavy (non-hydrogen) atoms. The van der Waals surface area contributed by atoms with Crippen LogP contribution in [-0.2, 0) is 20.9 Å². The van der Waals surface area contributed by atoms with E-state index in [2.05, 4.69) is 20.5 Å². The van der Waals surface area contributed by atoms with Crippen molar-refractivity contribution in [1.29, 1.82) is 0 Å². The van der Waals surface area contributed by atoms with Crippen LogP contribution < -0.4 is 10.6 Å². The van der Waals surface area contributed by atoms with Crippen molar-refractivity contribution >= 4 is 40.4 Å². The summed E-state index contributed by atoms with van der Waals surface area (Å²) in [5.41, 5.74) is 3.35. The highest BCUT2D eigenvalue weighted by Crippen LogP contribution is 2.27. The minimum Gasteiger partial charge on any atom is -0.459 e. The molecule has 1 unspecified atom stereocenters. The quantitative estimate of drug-likeness (QED) is 0.501. The van der Waals surface area contributed by atoms with Gasteiger partial charge in [-0.1, -0.05) is 18.2 Å². The molecule has 2 aliphatic heterocycles. The third-order valence-electron chi connectivity index (χ3n) is 6.95. The van der Waals surface area contributed by atoms with Gasteiger partial charge in [0.15, 0.2) is 5.82 Å². The first-order chi connectivity index (χ1) is 17.8. The summed E-state index contributed by atoms with van der Waals surface area (Å²) in [6, 6.07) is 9.43. The molecule has 2 N–H and O–H groups in total. The number of rotatable bonds is 5. The summed E-state index contributed by atoms with van der Waals surface area (Å²) in [7, 11) is 1.75. The van der Waals surface area contributed by atoms with E-state index in [-0.39, 0.29) is 32.9 Å².